The first kappa shape index (κ1) is 15.2. The smallest absolute Gasteiger partial charge is 0.329 e. The molecule has 1 aliphatic rings. The van der Waals surface area contributed by atoms with E-state index in [0.717, 1.165) is 12.8 Å². The Kier molecular flexibility index (Phi) is 4.37. The minimum absolute atomic E-state index is 0.346. The maximum Gasteiger partial charge on any atom is 0.329 e. The van der Waals surface area contributed by atoms with Crippen molar-refractivity contribution in [2.45, 2.75) is 38.1 Å². The molecule has 5 heteroatoms. The van der Waals surface area contributed by atoms with E-state index in [1.807, 2.05) is 0 Å². The minimum Gasteiger partial charge on any atom is -0.497 e. The number of nitrogens with zero attached hydrogens (tertiary/aromatic N) is 1. The van der Waals surface area contributed by atoms with Gasteiger partial charge in [0.2, 0.25) is 0 Å². The van der Waals surface area contributed by atoms with E-state index in [2.05, 4.69) is 18.3 Å². The summed E-state index contributed by atoms with van der Waals surface area (Å²) < 4.78 is 5.16. The van der Waals surface area contributed by atoms with E-state index < -0.39 is 11.5 Å². The van der Waals surface area contributed by atoms with Crippen LogP contribution in [0.4, 0.5) is 5.69 Å². The zero-order valence-corrected chi connectivity index (χ0v) is 12.3. The summed E-state index contributed by atoms with van der Waals surface area (Å²) in [6, 6.07) is 7.11. The third-order valence-corrected chi connectivity index (χ3v) is 4.13. The summed E-state index contributed by atoms with van der Waals surface area (Å²) in [7, 11) is 1.54. The van der Waals surface area contributed by atoms with Crippen molar-refractivity contribution >= 4 is 11.7 Å². The van der Waals surface area contributed by atoms with Gasteiger partial charge < -0.3 is 15.2 Å². The number of carboxylic acid groups (broad SMARTS) is 1. The number of carbonyl (C=O) groups is 1. The lowest BCUT2D eigenvalue weighted by Gasteiger charge is -2.38. The Morgan fingerprint density at radius 2 is 2.33 bits per heavy atom. The molecule has 0 radical (unpaired) electrons. The van der Waals surface area contributed by atoms with Crippen LogP contribution in [0, 0.1) is 17.2 Å². The average Bonchev–Trinajstić information content (AvgIpc) is 2.47. The van der Waals surface area contributed by atoms with Crippen LogP contribution in [-0.2, 0) is 4.79 Å². The van der Waals surface area contributed by atoms with Crippen molar-refractivity contribution in [1.82, 2.24) is 0 Å². The van der Waals surface area contributed by atoms with Gasteiger partial charge in [-0.1, -0.05) is 19.8 Å². The summed E-state index contributed by atoms with van der Waals surface area (Å²) >= 11 is 0. The molecule has 1 fully saturated rings. The zero-order valence-electron chi connectivity index (χ0n) is 12.3. The first-order valence-corrected chi connectivity index (χ1v) is 7.10. The number of ether oxygens (including phenoxy) is 1. The normalized spacial score (nSPS) is 24.9. The van der Waals surface area contributed by atoms with Crippen molar-refractivity contribution in [3.8, 4) is 11.8 Å². The number of nitrogens with one attached hydrogen (secondary N) is 1. The van der Waals surface area contributed by atoms with Crippen LogP contribution in [0.2, 0.25) is 0 Å². The van der Waals surface area contributed by atoms with Crippen molar-refractivity contribution < 1.29 is 14.6 Å². The van der Waals surface area contributed by atoms with Gasteiger partial charge in [-0.2, -0.15) is 5.26 Å². The molecule has 2 unspecified atom stereocenters. The fraction of sp³-hybridized carbons (Fsp3) is 0.500. The van der Waals surface area contributed by atoms with Crippen LogP contribution in [-0.4, -0.2) is 23.7 Å². The number of carboxylic acids is 1. The summed E-state index contributed by atoms with van der Waals surface area (Å²) in [5, 5.41) is 22.0. The highest BCUT2D eigenvalue weighted by Gasteiger charge is 2.42. The predicted octanol–water partition coefficient (Wildman–Crippen LogP) is 3.01. The van der Waals surface area contributed by atoms with Crippen molar-refractivity contribution in [1.29, 1.82) is 5.26 Å². The Morgan fingerprint density at radius 3 is 2.90 bits per heavy atom. The number of benzene rings is 1. The second kappa shape index (κ2) is 6.04. The minimum atomic E-state index is -1.00. The van der Waals surface area contributed by atoms with Gasteiger partial charge in [0.15, 0.2) is 0 Å². The molecule has 5 nitrogen and oxygen atoms in total. The molecule has 0 heterocycles. The molecular weight excluding hydrogens is 268 g/mol. The molecule has 21 heavy (non-hydrogen) atoms. The van der Waals surface area contributed by atoms with E-state index in [-0.39, 0.29) is 0 Å². The molecule has 0 aliphatic heterocycles. The fourth-order valence-electron chi connectivity index (χ4n) is 3.02. The van der Waals surface area contributed by atoms with Crippen LogP contribution in [0.5, 0.6) is 5.75 Å². The number of anilines is 1. The third-order valence-electron chi connectivity index (χ3n) is 4.13. The van der Waals surface area contributed by atoms with Crippen molar-refractivity contribution in [2.24, 2.45) is 5.92 Å². The molecule has 0 amide bonds. The SMILES string of the molecule is COc1ccc(C#N)c(NC2(C(=O)O)CCCC(C)C2)c1. The lowest BCUT2D eigenvalue weighted by atomic mass is 9.76. The largest absolute Gasteiger partial charge is 0.497 e. The Bertz CT molecular complexity index is 579. The first-order valence-electron chi connectivity index (χ1n) is 7.10. The number of nitriles is 1. The van der Waals surface area contributed by atoms with Gasteiger partial charge in [-0.05, 0) is 30.9 Å². The summed E-state index contributed by atoms with van der Waals surface area (Å²) in [5.41, 5.74) is -0.0571. The topological polar surface area (TPSA) is 82.3 Å². The lowest BCUT2D eigenvalue weighted by molar-refractivity contribution is -0.144. The van der Waals surface area contributed by atoms with Crippen molar-refractivity contribution in [3.63, 3.8) is 0 Å². The summed E-state index contributed by atoms with van der Waals surface area (Å²) in [4.78, 5) is 11.8. The molecule has 112 valence electrons. The zero-order chi connectivity index (χ0) is 15.5. The molecule has 0 aromatic heterocycles. The van der Waals surface area contributed by atoms with Crippen LogP contribution in [0.1, 0.15) is 38.2 Å². The van der Waals surface area contributed by atoms with Crippen LogP contribution in [0.25, 0.3) is 0 Å². The first-order chi connectivity index (χ1) is 10.0. The monoisotopic (exact) mass is 288 g/mol. The Morgan fingerprint density at radius 1 is 1.57 bits per heavy atom. The van der Waals surface area contributed by atoms with Gasteiger partial charge in [0, 0.05) is 6.07 Å². The fourth-order valence-corrected chi connectivity index (χ4v) is 3.02. The number of hydrogen-bond acceptors (Lipinski definition) is 4. The van der Waals surface area contributed by atoms with Crippen molar-refractivity contribution in [3.05, 3.63) is 23.8 Å². The number of hydrogen-bond donors (Lipinski definition) is 2. The van der Waals surface area contributed by atoms with Crippen LogP contribution >= 0.6 is 0 Å². The predicted molar refractivity (Wildman–Crippen MR) is 79.3 cm³/mol. The quantitative estimate of drug-likeness (QED) is 0.890. The molecule has 2 rings (SSSR count). The summed E-state index contributed by atoms with van der Waals surface area (Å²) in [6.45, 7) is 2.06. The summed E-state index contributed by atoms with van der Waals surface area (Å²) in [5.74, 6) is 0.0835. The van der Waals surface area contributed by atoms with Gasteiger partial charge >= 0.3 is 5.97 Å². The molecule has 0 bridgehead atoms. The second-order valence-electron chi connectivity index (χ2n) is 5.74. The van der Waals surface area contributed by atoms with Gasteiger partial charge in [-0.25, -0.2) is 4.79 Å². The van der Waals surface area contributed by atoms with Gasteiger partial charge in [0.25, 0.3) is 0 Å². The van der Waals surface area contributed by atoms with E-state index in [0.29, 0.717) is 35.8 Å². The molecule has 1 aliphatic carbocycles. The standard InChI is InChI=1S/C16H20N2O3/c1-11-4-3-7-16(9-11,15(19)20)18-14-8-13(21-2)6-5-12(14)10-17/h5-6,8,11,18H,3-4,7,9H2,1-2H3,(H,19,20). The van der Waals surface area contributed by atoms with Gasteiger partial charge in [0.05, 0.1) is 18.4 Å². The van der Waals surface area contributed by atoms with E-state index in [1.165, 1.54) is 0 Å². The van der Waals surface area contributed by atoms with Gasteiger partial charge in [-0.3, -0.25) is 0 Å². The Balaban J connectivity index is 2.37. The highest BCUT2D eigenvalue weighted by molar-refractivity contribution is 5.84. The maximum atomic E-state index is 11.8. The summed E-state index contributed by atoms with van der Waals surface area (Å²) in [6.07, 6.45) is 3.03. The Hall–Kier alpha value is -2.22. The number of methoxy groups -OCH3 is 1. The second-order valence-corrected chi connectivity index (χ2v) is 5.74. The Labute approximate surface area is 124 Å². The molecule has 0 saturated heterocycles. The van der Waals surface area contributed by atoms with E-state index >= 15 is 0 Å². The molecule has 1 aromatic carbocycles. The highest BCUT2D eigenvalue weighted by atomic mass is 16.5. The van der Waals surface area contributed by atoms with Gasteiger partial charge in [-0.15, -0.1) is 0 Å². The van der Waals surface area contributed by atoms with Gasteiger partial charge in [0.1, 0.15) is 17.4 Å². The molecular formula is C16H20N2O3. The van der Waals surface area contributed by atoms with E-state index in [4.69, 9.17) is 4.74 Å². The lowest BCUT2D eigenvalue weighted by Crippen LogP contribution is -2.49. The maximum absolute atomic E-state index is 11.8. The third kappa shape index (κ3) is 3.10. The average molecular weight is 288 g/mol. The van der Waals surface area contributed by atoms with E-state index in [9.17, 15) is 15.2 Å². The highest BCUT2D eigenvalue weighted by Crippen LogP contribution is 2.36. The molecule has 2 N–H and O–H groups in total. The molecule has 2 atom stereocenters. The molecule has 1 saturated carbocycles. The van der Waals surface area contributed by atoms with Crippen LogP contribution in [0.3, 0.4) is 0 Å². The molecule has 1 aromatic rings. The van der Waals surface area contributed by atoms with Crippen LogP contribution in [0.15, 0.2) is 18.2 Å². The molecule has 0 spiro atoms. The van der Waals surface area contributed by atoms with E-state index in [1.54, 1.807) is 25.3 Å². The van der Waals surface area contributed by atoms with Crippen molar-refractivity contribution in [2.75, 3.05) is 12.4 Å². The number of rotatable bonds is 4. The van der Waals surface area contributed by atoms with Crippen LogP contribution < -0.4 is 10.1 Å². The number of aliphatic carboxylic acids is 1.